The average Bonchev–Trinajstić information content (AvgIpc) is 3.47. The van der Waals surface area contributed by atoms with Gasteiger partial charge in [0.25, 0.3) is 0 Å². The minimum absolute atomic E-state index is 0.134. The Balaban J connectivity index is 1.39. The molecule has 0 bridgehead atoms. The highest BCUT2D eigenvalue weighted by atomic mass is 16.5. The van der Waals surface area contributed by atoms with Crippen LogP contribution in [0, 0.1) is 0 Å². The van der Waals surface area contributed by atoms with Crippen LogP contribution in [0.2, 0.25) is 0 Å². The van der Waals surface area contributed by atoms with Gasteiger partial charge < -0.3 is 23.9 Å². The van der Waals surface area contributed by atoms with Gasteiger partial charge in [0.1, 0.15) is 12.6 Å². The van der Waals surface area contributed by atoms with Gasteiger partial charge in [0.05, 0.1) is 38.9 Å². The van der Waals surface area contributed by atoms with Gasteiger partial charge in [-0.2, -0.15) is 0 Å². The number of aliphatic hydroxyl groups excluding tert-OH is 1. The first kappa shape index (κ1) is 25.6. The number of hydrogen-bond acceptors (Lipinski definition) is 2. The Morgan fingerprint density at radius 3 is 1.33 bits per heavy atom. The summed E-state index contributed by atoms with van der Waals surface area (Å²) >= 11 is 0. The molecule has 0 amide bonds. The zero-order valence-corrected chi connectivity index (χ0v) is 22.9. The Hall–Kier alpha value is -3.64. The van der Waals surface area contributed by atoms with E-state index in [-0.39, 0.29) is 6.10 Å². The van der Waals surface area contributed by atoms with Crippen LogP contribution in [0.4, 0.5) is 0 Å². The summed E-state index contributed by atoms with van der Waals surface area (Å²) in [6, 6.07) is 34.5. The largest absolute Gasteiger partial charge is 0.385 e. The molecule has 1 atom stereocenters. The predicted octanol–water partition coefficient (Wildman–Crippen LogP) is 5.27. The van der Waals surface area contributed by atoms with E-state index in [2.05, 4.69) is 120 Å². The van der Waals surface area contributed by atoms with E-state index < -0.39 is 6.10 Å². The van der Waals surface area contributed by atoms with Gasteiger partial charge in [-0.25, -0.2) is 0 Å². The first-order valence-corrected chi connectivity index (χ1v) is 14.2. The van der Waals surface area contributed by atoms with Crippen molar-refractivity contribution in [2.75, 3.05) is 26.2 Å². The highest BCUT2D eigenvalue weighted by molar-refractivity contribution is 6.08. The molecule has 6 aromatic rings. The minimum atomic E-state index is -0.501. The molecule has 0 saturated carbocycles. The number of fused-ring (bicyclic) bond motifs is 6. The third kappa shape index (κ3) is 4.94. The first-order valence-electron chi connectivity index (χ1n) is 14.2. The number of aromatic nitrogens is 2. The monoisotopic (exact) mass is 520 g/mol. The number of quaternary nitrogens is 1. The summed E-state index contributed by atoms with van der Waals surface area (Å²) in [4.78, 5) is 1.38. The average molecular weight is 521 g/mol. The van der Waals surface area contributed by atoms with Crippen LogP contribution in [0.1, 0.15) is 13.8 Å². The quantitative estimate of drug-likeness (QED) is 0.244. The number of likely N-dealkylation sites (N-methyl/N-ethyl adjacent to an activating group) is 1. The van der Waals surface area contributed by atoms with E-state index in [1.165, 1.54) is 48.5 Å². The molecule has 0 aliphatic rings. The normalized spacial score (nSPS) is 13.1. The summed E-state index contributed by atoms with van der Waals surface area (Å²) in [5.74, 6) is 0. The lowest BCUT2D eigenvalue weighted by Gasteiger charge is -2.24. The van der Waals surface area contributed by atoms with Crippen LogP contribution < -0.4 is 4.90 Å². The highest BCUT2D eigenvalue weighted by Gasteiger charge is 2.21. The number of aliphatic hydroxyl groups is 1. The van der Waals surface area contributed by atoms with Crippen LogP contribution in [-0.2, 0) is 17.8 Å². The number of nitrogens with zero attached hydrogens (tertiary/aromatic N) is 2. The van der Waals surface area contributed by atoms with Crippen LogP contribution >= 0.6 is 0 Å². The van der Waals surface area contributed by atoms with Crippen LogP contribution in [0.15, 0.2) is 97.1 Å². The third-order valence-electron chi connectivity index (χ3n) is 8.18. The molecule has 0 fully saturated rings. The third-order valence-corrected chi connectivity index (χ3v) is 8.18. The van der Waals surface area contributed by atoms with E-state index in [1.54, 1.807) is 0 Å². The Bertz CT molecular complexity index is 1490. The molecule has 0 saturated heterocycles. The SMILES string of the molecule is CC[NH+](CC)C[C@H](O)COC(Cn1c2ccccc2c2ccccc21)Cn1c2ccccc2c2ccccc21. The standard InChI is InChI=1S/C34H37N3O2/c1-3-35(4-2)21-25(38)24-39-26(22-36-31-17-9-5-13-27(31)28-14-6-10-18-32(28)36)23-37-33-19-11-7-15-29(33)30-16-8-12-20-34(30)37/h5-20,25-26,38H,3-4,21-24H2,1-2H3/p+1/t25-/m0/s1. The Morgan fingerprint density at radius 2 is 0.974 bits per heavy atom. The maximum atomic E-state index is 10.9. The second-order valence-corrected chi connectivity index (χ2v) is 10.6. The van der Waals surface area contributed by atoms with Gasteiger partial charge in [0.15, 0.2) is 0 Å². The van der Waals surface area contributed by atoms with Crippen molar-refractivity contribution < 1.29 is 14.7 Å². The molecule has 2 heterocycles. The zero-order chi connectivity index (χ0) is 26.8. The molecule has 6 rings (SSSR count). The summed E-state index contributed by atoms with van der Waals surface area (Å²) in [5.41, 5.74) is 4.84. The van der Waals surface area contributed by atoms with Crippen molar-refractivity contribution in [2.24, 2.45) is 0 Å². The van der Waals surface area contributed by atoms with E-state index in [4.69, 9.17) is 4.74 Å². The van der Waals surface area contributed by atoms with Gasteiger partial charge in [-0.05, 0) is 38.1 Å². The van der Waals surface area contributed by atoms with E-state index in [9.17, 15) is 5.11 Å². The van der Waals surface area contributed by atoms with Gasteiger partial charge >= 0.3 is 0 Å². The summed E-state index contributed by atoms with van der Waals surface area (Å²) in [6.07, 6.45) is -0.636. The van der Waals surface area contributed by atoms with E-state index in [1.807, 2.05) is 0 Å². The van der Waals surface area contributed by atoms with Crippen molar-refractivity contribution in [3.8, 4) is 0 Å². The minimum Gasteiger partial charge on any atom is -0.385 e. The molecule has 4 aromatic carbocycles. The fraction of sp³-hybridized carbons (Fsp3) is 0.294. The smallest absolute Gasteiger partial charge is 0.126 e. The van der Waals surface area contributed by atoms with Crippen molar-refractivity contribution in [1.82, 2.24) is 9.13 Å². The van der Waals surface area contributed by atoms with Gasteiger partial charge in [-0.1, -0.05) is 72.8 Å². The number of benzene rings is 4. The number of nitrogens with one attached hydrogen (secondary N) is 1. The fourth-order valence-corrected chi connectivity index (χ4v) is 6.15. The molecule has 5 heteroatoms. The van der Waals surface area contributed by atoms with Crippen molar-refractivity contribution in [1.29, 1.82) is 0 Å². The fourth-order valence-electron chi connectivity index (χ4n) is 6.15. The number of para-hydroxylation sites is 4. The van der Waals surface area contributed by atoms with Crippen molar-refractivity contribution in [2.45, 2.75) is 39.1 Å². The Morgan fingerprint density at radius 1 is 0.615 bits per heavy atom. The Kier molecular flexibility index (Phi) is 7.38. The second-order valence-electron chi connectivity index (χ2n) is 10.6. The molecular formula is C34H38N3O2+. The van der Waals surface area contributed by atoms with Gasteiger partial charge in [0, 0.05) is 43.6 Å². The van der Waals surface area contributed by atoms with Crippen LogP contribution in [0.3, 0.4) is 0 Å². The Labute approximate surface area is 229 Å². The molecule has 2 aromatic heterocycles. The number of hydrogen-bond donors (Lipinski definition) is 2. The van der Waals surface area contributed by atoms with Crippen molar-refractivity contribution in [3.05, 3.63) is 97.1 Å². The molecule has 200 valence electrons. The number of ether oxygens (including phenoxy) is 1. The lowest BCUT2D eigenvalue weighted by Crippen LogP contribution is -3.12. The van der Waals surface area contributed by atoms with Crippen molar-refractivity contribution >= 4 is 43.6 Å². The maximum absolute atomic E-state index is 10.9. The molecule has 0 unspecified atom stereocenters. The molecule has 0 spiro atoms. The lowest BCUT2D eigenvalue weighted by atomic mass is 10.2. The molecule has 2 N–H and O–H groups in total. The molecule has 39 heavy (non-hydrogen) atoms. The van der Waals surface area contributed by atoms with Gasteiger partial charge in [-0.3, -0.25) is 0 Å². The zero-order valence-electron chi connectivity index (χ0n) is 22.9. The van der Waals surface area contributed by atoms with Crippen LogP contribution in [-0.4, -0.2) is 52.7 Å². The van der Waals surface area contributed by atoms with Gasteiger partial charge in [0.2, 0.25) is 0 Å². The lowest BCUT2D eigenvalue weighted by molar-refractivity contribution is -0.899. The molecule has 0 aliphatic carbocycles. The van der Waals surface area contributed by atoms with E-state index >= 15 is 0 Å². The summed E-state index contributed by atoms with van der Waals surface area (Å²) < 4.78 is 11.4. The predicted molar refractivity (Wildman–Crippen MR) is 162 cm³/mol. The van der Waals surface area contributed by atoms with Gasteiger partial charge in [-0.15, -0.1) is 0 Å². The van der Waals surface area contributed by atoms with Crippen molar-refractivity contribution in [3.63, 3.8) is 0 Å². The summed E-state index contributed by atoms with van der Waals surface area (Å²) in [7, 11) is 0. The van der Waals surface area contributed by atoms with Crippen LogP contribution in [0.25, 0.3) is 43.6 Å². The van der Waals surface area contributed by atoms with E-state index in [0.717, 1.165) is 13.1 Å². The van der Waals surface area contributed by atoms with Crippen LogP contribution in [0.5, 0.6) is 0 Å². The highest BCUT2D eigenvalue weighted by Crippen LogP contribution is 2.31. The second kappa shape index (κ2) is 11.2. The first-order chi connectivity index (χ1) is 19.2. The molecule has 0 aliphatic heterocycles. The summed E-state index contributed by atoms with van der Waals surface area (Å²) in [6.45, 7) is 8.74. The summed E-state index contributed by atoms with van der Waals surface area (Å²) in [5, 5.41) is 15.9. The molecule has 0 radical (unpaired) electrons. The topological polar surface area (TPSA) is 43.8 Å². The maximum Gasteiger partial charge on any atom is 0.126 e. The molecule has 5 nitrogen and oxygen atoms in total. The van der Waals surface area contributed by atoms with E-state index in [0.29, 0.717) is 26.2 Å². The number of rotatable bonds is 11. The molecular weight excluding hydrogens is 482 g/mol.